The van der Waals surface area contributed by atoms with Crippen LogP contribution in [0.3, 0.4) is 0 Å². The van der Waals surface area contributed by atoms with Gasteiger partial charge in [0.25, 0.3) is 0 Å². The first-order chi connectivity index (χ1) is 5.43. The second kappa shape index (κ2) is 2.85. The Morgan fingerprint density at radius 3 is 2.50 bits per heavy atom. The van der Waals surface area contributed by atoms with Crippen molar-refractivity contribution in [1.82, 2.24) is 0 Å². The van der Waals surface area contributed by atoms with Gasteiger partial charge in [0.1, 0.15) is 4.21 Å². The number of hydrogen-bond donors (Lipinski definition) is 1. The van der Waals surface area contributed by atoms with E-state index in [1.54, 1.807) is 0 Å². The fourth-order valence-corrected chi connectivity index (χ4v) is 2.43. The fraction of sp³-hybridized carbons (Fsp3) is 0. The molecule has 2 N–H and O–H groups in total. The van der Waals surface area contributed by atoms with Crippen LogP contribution < -0.4 is 10.2 Å². The standard InChI is InChI=1S/C5H5NO4S2/c6-12(9,10)5-3(4(7)8)1-2-11-5/h1-2H,(H,7,8)(H2,6,9,10)/p-1. The van der Waals surface area contributed by atoms with E-state index in [0.717, 1.165) is 17.4 Å². The van der Waals surface area contributed by atoms with Gasteiger partial charge in [0.15, 0.2) is 0 Å². The summed E-state index contributed by atoms with van der Waals surface area (Å²) in [6.07, 6.45) is 0. The highest BCUT2D eigenvalue weighted by Crippen LogP contribution is 2.20. The smallest absolute Gasteiger partial charge is 0.248 e. The number of carboxylic acid groups (broad SMARTS) is 1. The molecule has 0 unspecified atom stereocenters. The van der Waals surface area contributed by atoms with Gasteiger partial charge in [0.2, 0.25) is 10.0 Å². The molecule has 1 rings (SSSR count). The molecule has 1 aromatic rings. The summed E-state index contributed by atoms with van der Waals surface area (Å²) in [5.74, 6) is -1.54. The number of thiophene rings is 1. The molecular formula is C5H4NO4S2-. The largest absolute Gasteiger partial charge is 0.545 e. The van der Waals surface area contributed by atoms with Gasteiger partial charge in [-0.1, -0.05) is 0 Å². The van der Waals surface area contributed by atoms with E-state index < -0.39 is 16.0 Å². The van der Waals surface area contributed by atoms with Crippen LogP contribution in [0.15, 0.2) is 15.7 Å². The molecule has 1 heterocycles. The van der Waals surface area contributed by atoms with Gasteiger partial charge in [-0.05, 0) is 11.4 Å². The molecule has 0 saturated heterocycles. The van der Waals surface area contributed by atoms with Gasteiger partial charge in [0, 0.05) is 5.56 Å². The van der Waals surface area contributed by atoms with Gasteiger partial charge in [-0.25, -0.2) is 13.6 Å². The highest BCUT2D eigenvalue weighted by atomic mass is 32.2. The third-order valence-corrected chi connectivity index (χ3v) is 3.54. The lowest BCUT2D eigenvalue weighted by Crippen LogP contribution is -2.25. The number of rotatable bonds is 2. The molecule has 0 saturated carbocycles. The molecule has 0 bridgehead atoms. The Morgan fingerprint density at radius 1 is 1.58 bits per heavy atom. The Labute approximate surface area is 72.5 Å². The van der Waals surface area contributed by atoms with Crippen LogP contribution in [0.2, 0.25) is 0 Å². The third kappa shape index (κ3) is 1.63. The first kappa shape index (κ1) is 9.17. The number of carboxylic acids is 1. The molecule has 5 nitrogen and oxygen atoms in total. The van der Waals surface area contributed by atoms with Crippen LogP contribution in [-0.2, 0) is 10.0 Å². The van der Waals surface area contributed by atoms with E-state index in [1.807, 2.05) is 0 Å². The van der Waals surface area contributed by atoms with E-state index in [-0.39, 0.29) is 9.77 Å². The lowest BCUT2D eigenvalue weighted by Gasteiger charge is -2.00. The van der Waals surface area contributed by atoms with Gasteiger partial charge in [-0.15, -0.1) is 11.3 Å². The summed E-state index contributed by atoms with van der Waals surface area (Å²) in [6.45, 7) is 0. The molecular weight excluding hydrogens is 202 g/mol. The number of primary sulfonamides is 1. The predicted molar refractivity (Wildman–Crippen MR) is 40.0 cm³/mol. The van der Waals surface area contributed by atoms with Crippen molar-refractivity contribution < 1.29 is 18.3 Å². The minimum Gasteiger partial charge on any atom is -0.545 e. The summed E-state index contributed by atoms with van der Waals surface area (Å²) in [6, 6.07) is 1.14. The van der Waals surface area contributed by atoms with E-state index in [9.17, 15) is 18.3 Å². The predicted octanol–water partition coefficient (Wildman–Crippen LogP) is -1.24. The second-order valence-electron chi connectivity index (χ2n) is 1.95. The Bertz CT molecular complexity index is 405. The maximum Gasteiger partial charge on any atom is 0.248 e. The number of aromatic carboxylic acids is 1. The number of hydrogen-bond acceptors (Lipinski definition) is 5. The van der Waals surface area contributed by atoms with Crippen molar-refractivity contribution >= 4 is 27.3 Å². The maximum atomic E-state index is 10.7. The van der Waals surface area contributed by atoms with Crippen LogP contribution in [0, 0.1) is 0 Å². The van der Waals surface area contributed by atoms with Crippen molar-refractivity contribution in [2.45, 2.75) is 4.21 Å². The lowest BCUT2D eigenvalue weighted by atomic mass is 10.4. The van der Waals surface area contributed by atoms with Crippen LogP contribution in [0.25, 0.3) is 0 Å². The minimum atomic E-state index is -3.94. The fourth-order valence-electron chi connectivity index (χ4n) is 0.667. The first-order valence-corrected chi connectivity index (χ1v) is 5.17. The van der Waals surface area contributed by atoms with Crippen molar-refractivity contribution in [3.05, 3.63) is 17.0 Å². The Kier molecular flexibility index (Phi) is 2.18. The van der Waals surface area contributed by atoms with Crippen molar-refractivity contribution in [2.75, 3.05) is 0 Å². The third-order valence-electron chi connectivity index (χ3n) is 1.11. The Hall–Kier alpha value is -0.920. The summed E-state index contributed by atoms with van der Waals surface area (Å²) in [5.41, 5.74) is -0.387. The molecule has 0 amide bonds. The highest BCUT2D eigenvalue weighted by molar-refractivity contribution is 7.91. The van der Waals surface area contributed by atoms with E-state index >= 15 is 0 Å². The van der Waals surface area contributed by atoms with E-state index in [4.69, 9.17) is 5.14 Å². The zero-order chi connectivity index (χ0) is 9.35. The highest BCUT2D eigenvalue weighted by Gasteiger charge is 2.15. The number of nitrogens with two attached hydrogens (primary N) is 1. The van der Waals surface area contributed by atoms with Crippen LogP contribution in [0.4, 0.5) is 0 Å². The molecule has 0 atom stereocenters. The monoisotopic (exact) mass is 206 g/mol. The van der Waals surface area contributed by atoms with Gasteiger partial charge in [-0.2, -0.15) is 0 Å². The molecule has 0 fully saturated rings. The normalized spacial score (nSPS) is 11.4. The second-order valence-corrected chi connectivity index (χ2v) is 4.63. The van der Waals surface area contributed by atoms with Crippen molar-refractivity contribution in [3.8, 4) is 0 Å². The summed E-state index contributed by atoms with van der Waals surface area (Å²) >= 11 is 0.751. The number of sulfonamides is 1. The van der Waals surface area contributed by atoms with Gasteiger partial charge >= 0.3 is 0 Å². The van der Waals surface area contributed by atoms with Crippen molar-refractivity contribution in [2.24, 2.45) is 5.14 Å². The SMILES string of the molecule is NS(=O)(=O)c1sccc1C(=O)[O-]. The zero-order valence-electron chi connectivity index (χ0n) is 5.68. The average Bonchev–Trinajstić information content (AvgIpc) is 2.30. The first-order valence-electron chi connectivity index (χ1n) is 2.74. The minimum absolute atomic E-state index is 0.373. The topological polar surface area (TPSA) is 100 Å². The average molecular weight is 206 g/mol. The molecule has 7 heteroatoms. The zero-order valence-corrected chi connectivity index (χ0v) is 7.31. The van der Waals surface area contributed by atoms with Gasteiger partial charge < -0.3 is 9.90 Å². The molecule has 0 aliphatic rings. The number of carbonyl (C=O) groups excluding carboxylic acids is 1. The maximum absolute atomic E-state index is 10.7. The molecule has 0 aliphatic carbocycles. The number of carbonyl (C=O) groups is 1. The molecule has 0 aromatic carbocycles. The van der Waals surface area contributed by atoms with Crippen LogP contribution >= 0.6 is 11.3 Å². The molecule has 0 aliphatic heterocycles. The van der Waals surface area contributed by atoms with Gasteiger partial charge in [-0.3, -0.25) is 0 Å². The summed E-state index contributed by atoms with van der Waals surface area (Å²) in [7, 11) is -3.94. The molecule has 12 heavy (non-hydrogen) atoms. The van der Waals surface area contributed by atoms with Crippen molar-refractivity contribution in [1.29, 1.82) is 0 Å². The van der Waals surface area contributed by atoms with Crippen LogP contribution in [0.5, 0.6) is 0 Å². The summed E-state index contributed by atoms with van der Waals surface area (Å²) < 4.78 is 21.1. The van der Waals surface area contributed by atoms with E-state index in [1.165, 1.54) is 5.38 Å². The van der Waals surface area contributed by atoms with E-state index in [2.05, 4.69) is 0 Å². The lowest BCUT2D eigenvalue weighted by molar-refractivity contribution is -0.255. The van der Waals surface area contributed by atoms with Crippen molar-refractivity contribution in [3.63, 3.8) is 0 Å². The summed E-state index contributed by atoms with van der Waals surface area (Å²) in [5, 5.41) is 16.4. The van der Waals surface area contributed by atoms with Crippen LogP contribution in [0.1, 0.15) is 10.4 Å². The molecule has 66 valence electrons. The molecule has 1 aromatic heterocycles. The Morgan fingerprint density at radius 2 is 2.17 bits per heavy atom. The summed E-state index contributed by atoms with van der Waals surface area (Å²) in [4.78, 5) is 10.3. The van der Waals surface area contributed by atoms with Gasteiger partial charge in [0.05, 0.1) is 5.97 Å². The quantitative estimate of drug-likeness (QED) is 0.653. The Balaban J connectivity index is 3.36. The van der Waals surface area contributed by atoms with E-state index in [0.29, 0.717) is 0 Å². The van der Waals surface area contributed by atoms with Crippen LogP contribution in [-0.4, -0.2) is 14.4 Å². The molecule has 0 radical (unpaired) electrons. The molecule has 0 spiro atoms.